The molecule has 0 aliphatic heterocycles. The Morgan fingerprint density at radius 3 is 2.74 bits per heavy atom. The third-order valence-corrected chi connectivity index (χ3v) is 4.21. The molecule has 140 valence electrons. The minimum atomic E-state index is -0.0593. The van der Waals surface area contributed by atoms with Crippen LogP contribution in [0.2, 0.25) is 5.02 Å². The van der Waals surface area contributed by atoms with Crippen LogP contribution < -0.4 is 5.32 Å². The van der Waals surface area contributed by atoms with E-state index >= 15 is 0 Å². The van der Waals surface area contributed by atoms with E-state index in [9.17, 15) is 4.79 Å². The first-order chi connectivity index (χ1) is 13.2. The fraction of sp³-hybridized carbons (Fsp3) is 0.250. The van der Waals surface area contributed by atoms with Gasteiger partial charge in [-0.15, -0.1) is 0 Å². The smallest absolute Gasteiger partial charge is 0.226 e. The molecule has 3 aromatic rings. The van der Waals surface area contributed by atoms with E-state index in [1.165, 1.54) is 0 Å². The molecule has 0 radical (unpaired) electrons. The maximum atomic E-state index is 12.2. The van der Waals surface area contributed by atoms with Gasteiger partial charge in [-0.25, -0.2) is 0 Å². The number of benzene rings is 2. The number of carbonyl (C=O) groups is 1. The normalized spacial score (nSPS) is 10.7. The van der Waals surface area contributed by atoms with Crippen molar-refractivity contribution in [2.24, 2.45) is 0 Å². The fourth-order valence-electron chi connectivity index (χ4n) is 2.61. The predicted molar refractivity (Wildman–Crippen MR) is 103 cm³/mol. The molecule has 3 rings (SSSR count). The Hall–Kier alpha value is -2.70. The number of para-hydroxylation sites is 1. The SMILES string of the molecule is COCc1ccccc1NC(=O)CCCc1nc(-c2ccc(Cl)cc2)no1. The fourth-order valence-corrected chi connectivity index (χ4v) is 2.74. The minimum Gasteiger partial charge on any atom is -0.380 e. The van der Waals surface area contributed by atoms with Crippen molar-refractivity contribution in [1.82, 2.24) is 10.1 Å². The zero-order chi connectivity index (χ0) is 19.1. The van der Waals surface area contributed by atoms with Gasteiger partial charge in [0.05, 0.1) is 6.61 Å². The van der Waals surface area contributed by atoms with Gasteiger partial charge in [0.2, 0.25) is 17.6 Å². The third kappa shape index (κ3) is 5.39. The molecule has 0 aliphatic rings. The van der Waals surface area contributed by atoms with Gasteiger partial charge in [-0.05, 0) is 36.8 Å². The highest BCUT2D eigenvalue weighted by Gasteiger charge is 2.11. The lowest BCUT2D eigenvalue weighted by Gasteiger charge is -2.10. The molecule has 0 atom stereocenters. The Morgan fingerprint density at radius 2 is 1.96 bits per heavy atom. The van der Waals surface area contributed by atoms with Gasteiger partial charge in [-0.1, -0.05) is 35.0 Å². The quantitative estimate of drug-likeness (QED) is 0.617. The monoisotopic (exact) mass is 385 g/mol. The number of hydrogen-bond acceptors (Lipinski definition) is 5. The molecule has 2 aromatic carbocycles. The Bertz CT molecular complexity index is 893. The van der Waals surface area contributed by atoms with E-state index in [1.807, 2.05) is 36.4 Å². The maximum Gasteiger partial charge on any atom is 0.226 e. The second-order valence-corrected chi connectivity index (χ2v) is 6.45. The van der Waals surface area contributed by atoms with E-state index in [4.69, 9.17) is 20.9 Å². The van der Waals surface area contributed by atoms with Crippen molar-refractivity contribution in [2.75, 3.05) is 12.4 Å². The number of carbonyl (C=O) groups excluding carboxylic acids is 1. The van der Waals surface area contributed by atoms with E-state index in [-0.39, 0.29) is 5.91 Å². The second-order valence-electron chi connectivity index (χ2n) is 6.01. The standard InChI is InChI=1S/C20H20ClN3O3/c1-26-13-15-5-2-3-6-17(15)22-18(25)7-4-8-19-23-20(24-27-19)14-9-11-16(21)12-10-14/h2-3,5-6,9-12H,4,7-8,13H2,1H3,(H,22,25). The lowest BCUT2D eigenvalue weighted by Crippen LogP contribution is -2.13. The molecule has 0 unspecified atom stereocenters. The number of aromatic nitrogens is 2. The summed E-state index contributed by atoms with van der Waals surface area (Å²) < 4.78 is 10.4. The van der Waals surface area contributed by atoms with Gasteiger partial charge in [0.15, 0.2) is 0 Å². The Morgan fingerprint density at radius 1 is 1.19 bits per heavy atom. The summed E-state index contributed by atoms with van der Waals surface area (Å²) in [7, 11) is 1.63. The molecule has 6 nitrogen and oxygen atoms in total. The number of nitrogens with one attached hydrogen (secondary N) is 1. The van der Waals surface area contributed by atoms with Crippen LogP contribution in [-0.2, 0) is 22.6 Å². The minimum absolute atomic E-state index is 0.0593. The van der Waals surface area contributed by atoms with Crippen LogP contribution in [-0.4, -0.2) is 23.2 Å². The molecule has 1 amide bonds. The van der Waals surface area contributed by atoms with Crippen LogP contribution in [0.3, 0.4) is 0 Å². The topological polar surface area (TPSA) is 77.2 Å². The van der Waals surface area contributed by atoms with Gasteiger partial charge in [-0.3, -0.25) is 4.79 Å². The van der Waals surface area contributed by atoms with Crippen molar-refractivity contribution in [1.29, 1.82) is 0 Å². The van der Waals surface area contributed by atoms with Crippen LogP contribution in [0.5, 0.6) is 0 Å². The van der Waals surface area contributed by atoms with Gasteiger partial charge < -0.3 is 14.6 Å². The predicted octanol–water partition coefficient (Wildman–Crippen LogP) is 4.50. The summed E-state index contributed by atoms with van der Waals surface area (Å²) in [5.41, 5.74) is 2.55. The molecule has 0 bridgehead atoms. The molecule has 1 aromatic heterocycles. The van der Waals surface area contributed by atoms with E-state index in [2.05, 4.69) is 15.5 Å². The van der Waals surface area contributed by atoms with Crippen molar-refractivity contribution >= 4 is 23.2 Å². The van der Waals surface area contributed by atoms with Crippen LogP contribution in [0.25, 0.3) is 11.4 Å². The summed E-state index contributed by atoms with van der Waals surface area (Å²) >= 11 is 5.88. The molecule has 0 fully saturated rings. The third-order valence-electron chi connectivity index (χ3n) is 3.96. The first-order valence-electron chi connectivity index (χ1n) is 8.61. The number of nitrogens with zero attached hydrogens (tertiary/aromatic N) is 2. The van der Waals surface area contributed by atoms with Crippen LogP contribution in [0.4, 0.5) is 5.69 Å². The highest BCUT2D eigenvalue weighted by atomic mass is 35.5. The van der Waals surface area contributed by atoms with Crippen LogP contribution in [0.15, 0.2) is 53.1 Å². The molecule has 0 aliphatic carbocycles. The summed E-state index contributed by atoms with van der Waals surface area (Å²) in [6.45, 7) is 0.450. The number of methoxy groups -OCH3 is 1. The Labute approximate surface area is 162 Å². The first kappa shape index (κ1) is 19.1. The number of hydrogen-bond donors (Lipinski definition) is 1. The van der Waals surface area contributed by atoms with Gasteiger partial charge in [0.25, 0.3) is 0 Å². The Kier molecular flexibility index (Phi) is 6.57. The van der Waals surface area contributed by atoms with Crippen molar-refractivity contribution in [3.05, 3.63) is 65.0 Å². The van der Waals surface area contributed by atoms with Crippen molar-refractivity contribution in [3.8, 4) is 11.4 Å². The molecule has 0 spiro atoms. The lowest BCUT2D eigenvalue weighted by molar-refractivity contribution is -0.116. The van der Waals surface area contributed by atoms with Gasteiger partial charge >= 0.3 is 0 Å². The number of anilines is 1. The van der Waals surface area contributed by atoms with Crippen LogP contribution in [0.1, 0.15) is 24.3 Å². The van der Waals surface area contributed by atoms with Gasteiger partial charge in [-0.2, -0.15) is 4.98 Å². The maximum absolute atomic E-state index is 12.2. The Balaban J connectivity index is 1.50. The summed E-state index contributed by atoms with van der Waals surface area (Å²) in [5, 5.41) is 7.54. The van der Waals surface area contributed by atoms with E-state index in [1.54, 1.807) is 19.2 Å². The number of rotatable bonds is 8. The highest BCUT2D eigenvalue weighted by Crippen LogP contribution is 2.19. The number of ether oxygens (including phenoxy) is 1. The van der Waals surface area contributed by atoms with Crippen LogP contribution in [0, 0.1) is 0 Å². The van der Waals surface area contributed by atoms with E-state index < -0.39 is 0 Å². The van der Waals surface area contributed by atoms with E-state index in [0.717, 1.165) is 16.8 Å². The average Bonchev–Trinajstić information content (AvgIpc) is 3.13. The van der Waals surface area contributed by atoms with Crippen LogP contribution >= 0.6 is 11.6 Å². The van der Waals surface area contributed by atoms with Gasteiger partial charge in [0.1, 0.15) is 0 Å². The molecule has 1 N–H and O–H groups in total. The zero-order valence-corrected chi connectivity index (χ0v) is 15.7. The molecular weight excluding hydrogens is 366 g/mol. The molecule has 0 saturated carbocycles. The highest BCUT2D eigenvalue weighted by molar-refractivity contribution is 6.30. The second kappa shape index (κ2) is 9.30. The molecule has 7 heteroatoms. The first-order valence-corrected chi connectivity index (χ1v) is 8.98. The molecular formula is C20H20ClN3O3. The summed E-state index contributed by atoms with van der Waals surface area (Å²) in [4.78, 5) is 16.5. The zero-order valence-electron chi connectivity index (χ0n) is 14.9. The summed E-state index contributed by atoms with van der Waals surface area (Å²) in [5.74, 6) is 0.961. The summed E-state index contributed by atoms with van der Waals surface area (Å²) in [6.07, 6.45) is 1.51. The number of amides is 1. The molecule has 1 heterocycles. The van der Waals surface area contributed by atoms with E-state index in [0.29, 0.717) is 42.6 Å². The largest absolute Gasteiger partial charge is 0.380 e. The number of aryl methyl sites for hydroxylation is 1. The van der Waals surface area contributed by atoms with Crippen molar-refractivity contribution in [2.45, 2.75) is 25.9 Å². The van der Waals surface area contributed by atoms with Gasteiger partial charge in [0, 0.05) is 41.8 Å². The van der Waals surface area contributed by atoms with Crippen molar-refractivity contribution < 1.29 is 14.1 Å². The lowest BCUT2D eigenvalue weighted by atomic mass is 10.1. The molecule has 0 saturated heterocycles. The summed E-state index contributed by atoms with van der Waals surface area (Å²) in [6, 6.07) is 14.8. The number of halogens is 1. The van der Waals surface area contributed by atoms with Crippen molar-refractivity contribution in [3.63, 3.8) is 0 Å². The average molecular weight is 386 g/mol. The molecule has 27 heavy (non-hydrogen) atoms.